The molecular weight excluding hydrogens is 474 g/mol. The van der Waals surface area contributed by atoms with E-state index in [1.807, 2.05) is 19.2 Å². The maximum atomic E-state index is 11.8. The van der Waals surface area contributed by atoms with E-state index >= 15 is 0 Å². The number of ether oxygens (including phenoxy) is 1. The van der Waals surface area contributed by atoms with Gasteiger partial charge in [0.2, 0.25) is 5.91 Å². The van der Waals surface area contributed by atoms with Gasteiger partial charge in [-0.3, -0.25) is 9.78 Å². The number of hydrogen-bond acceptors (Lipinski definition) is 5. The highest BCUT2D eigenvalue weighted by Gasteiger charge is 2.12. The van der Waals surface area contributed by atoms with Crippen LogP contribution in [0.2, 0.25) is 0 Å². The summed E-state index contributed by atoms with van der Waals surface area (Å²) in [6, 6.07) is 15.2. The Morgan fingerprint density at radius 3 is 3.03 bits per heavy atom. The van der Waals surface area contributed by atoms with Gasteiger partial charge in [0, 0.05) is 55.0 Å². The number of amides is 1. The molecule has 7 nitrogen and oxygen atoms in total. The first-order valence-electron chi connectivity index (χ1n) is 13.8. The molecule has 0 unspecified atom stereocenters. The summed E-state index contributed by atoms with van der Waals surface area (Å²) in [5.41, 5.74) is 6.10. The summed E-state index contributed by atoms with van der Waals surface area (Å²) in [6.07, 6.45) is 12.0. The highest BCUT2D eigenvalue weighted by molar-refractivity contribution is 5.84. The third kappa shape index (κ3) is 6.52. The van der Waals surface area contributed by atoms with Crippen LogP contribution in [0.4, 0.5) is 5.82 Å². The number of fused-ring (bicyclic) bond motifs is 2. The third-order valence-corrected chi connectivity index (χ3v) is 7.02. The van der Waals surface area contributed by atoms with Gasteiger partial charge in [-0.05, 0) is 79.5 Å². The highest BCUT2D eigenvalue weighted by Crippen LogP contribution is 2.25. The number of aromatic nitrogens is 3. The Morgan fingerprint density at radius 2 is 2.11 bits per heavy atom. The van der Waals surface area contributed by atoms with Crippen LogP contribution >= 0.6 is 0 Å². The molecule has 1 aromatic carbocycles. The molecule has 1 aliphatic rings. The quantitative estimate of drug-likeness (QED) is 0.252. The molecule has 0 radical (unpaired) electrons. The molecule has 0 saturated carbocycles. The number of rotatable bonds is 12. The second kappa shape index (κ2) is 12.6. The van der Waals surface area contributed by atoms with Gasteiger partial charge in [-0.1, -0.05) is 25.1 Å². The largest absolute Gasteiger partial charge is 0.492 e. The lowest BCUT2D eigenvalue weighted by molar-refractivity contribution is -0.121. The van der Waals surface area contributed by atoms with Crippen molar-refractivity contribution in [1.29, 1.82) is 0 Å². The summed E-state index contributed by atoms with van der Waals surface area (Å²) < 4.78 is 8.14. The van der Waals surface area contributed by atoms with Crippen LogP contribution in [0.5, 0.6) is 5.75 Å². The maximum Gasteiger partial charge on any atom is 0.220 e. The molecule has 4 heterocycles. The van der Waals surface area contributed by atoms with E-state index in [1.165, 1.54) is 28.5 Å². The average Bonchev–Trinajstić information content (AvgIpc) is 3.36. The van der Waals surface area contributed by atoms with E-state index < -0.39 is 0 Å². The van der Waals surface area contributed by atoms with Crippen molar-refractivity contribution in [2.45, 2.75) is 58.4 Å². The van der Waals surface area contributed by atoms with Gasteiger partial charge in [0.15, 0.2) is 0 Å². The highest BCUT2D eigenvalue weighted by atomic mass is 16.5. The van der Waals surface area contributed by atoms with Crippen molar-refractivity contribution in [2.75, 3.05) is 25.0 Å². The topological polar surface area (TPSA) is 81.1 Å². The third-order valence-electron chi connectivity index (χ3n) is 7.02. The van der Waals surface area contributed by atoms with E-state index in [1.54, 1.807) is 6.20 Å². The van der Waals surface area contributed by atoms with Crippen LogP contribution in [0.1, 0.15) is 55.0 Å². The number of nitrogens with one attached hydrogen (secondary N) is 2. The molecule has 4 aromatic rings. The Morgan fingerprint density at radius 1 is 1.16 bits per heavy atom. The van der Waals surface area contributed by atoms with Crippen LogP contribution in [0.3, 0.4) is 0 Å². The zero-order valence-corrected chi connectivity index (χ0v) is 22.2. The van der Waals surface area contributed by atoms with E-state index in [-0.39, 0.29) is 5.91 Å². The van der Waals surface area contributed by atoms with E-state index in [9.17, 15) is 4.79 Å². The van der Waals surface area contributed by atoms with Crippen molar-refractivity contribution in [1.82, 2.24) is 19.9 Å². The minimum absolute atomic E-state index is 0.0807. The molecule has 0 saturated heterocycles. The van der Waals surface area contributed by atoms with Crippen LogP contribution in [0.15, 0.2) is 61.1 Å². The number of pyridine rings is 2. The normalized spacial score (nSPS) is 12.7. The van der Waals surface area contributed by atoms with E-state index in [0.717, 1.165) is 61.6 Å². The first kappa shape index (κ1) is 25.8. The van der Waals surface area contributed by atoms with Gasteiger partial charge in [0.25, 0.3) is 0 Å². The van der Waals surface area contributed by atoms with Crippen molar-refractivity contribution in [3.8, 4) is 5.75 Å². The molecular formula is C31H37N5O2. The average molecular weight is 512 g/mol. The summed E-state index contributed by atoms with van der Waals surface area (Å²) in [5.74, 6) is 1.88. The zero-order chi connectivity index (χ0) is 26.2. The molecule has 38 heavy (non-hydrogen) atoms. The van der Waals surface area contributed by atoms with Crippen LogP contribution in [0.25, 0.3) is 10.9 Å². The lowest BCUT2D eigenvalue weighted by Crippen LogP contribution is -2.24. The predicted octanol–water partition coefficient (Wildman–Crippen LogP) is 5.31. The summed E-state index contributed by atoms with van der Waals surface area (Å²) in [4.78, 5) is 21.0. The van der Waals surface area contributed by atoms with E-state index in [2.05, 4.69) is 62.8 Å². The monoisotopic (exact) mass is 511 g/mol. The summed E-state index contributed by atoms with van der Waals surface area (Å²) >= 11 is 0. The molecule has 0 fully saturated rings. The summed E-state index contributed by atoms with van der Waals surface area (Å²) in [6.45, 7) is 5.00. The van der Waals surface area contributed by atoms with Gasteiger partial charge in [0.1, 0.15) is 11.6 Å². The molecule has 1 amide bonds. The number of carbonyl (C=O) groups excluding carboxylic acids is 1. The Hall–Kier alpha value is -3.87. The number of carbonyl (C=O) groups is 1. The molecule has 0 atom stereocenters. The van der Waals surface area contributed by atoms with Crippen LogP contribution in [0, 0.1) is 0 Å². The number of anilines is 1. The predicted molar refractivity (Wildman–Crippen MR) is 152 cm³/mol. The SMILES string of the molecule is CCCNC(=O)CCCOc1cncc(Cn2ccc3c(CCc4ccc5c(n4)NCCC5)cccc32)c1. The Bertz CT molecular complexity index is 1380. The first-order valence-corrected chi connectivity index (χ1v) is 13.8. The van der Waals surface area contributed by atoms with Crippen molar-refractivity contribution in [2.24, 2.45) is 0 Å². The molecule has 3 aromatic heterocycles. The molecule has 0 aliphatic carbocycles. The van der Waals surface area contributed by atoms with Gasteiger partial charge in [-0.15, -0.1) is 0 Å². The standard InChI is InChI=1S/C31H37N5O2/c1-2-15-33-30(37)9-5-18-38-27-19-23(20-32-21-27)22-36-17-14-28-24(6-3-8-29(28)36)10-12-26-13-11-25-7-4-16-34-31(25)35-26/h3,6,8,11,13-14,17,19-21H,2,4-5,7,9-10,12,15-16,18,22H2,1H3,(H,33,37)(H,34,35). The fraction of sp³-hybridized carbons (Fsp3) is 0.387. The summed E-state index contributed by atoms with van der Waals surface area (Å²) in [5, 5.41) is 7.62. The van der Waals surface area contributed by atoms with Crippen molar-refractivity contribution in [3.05, 3.63) is 83.4 Å². The smallest absolute Gasteiger partial charge is 0.220 e. The molecule has 2 N–H and O–H groups in total. The van der Waals surface area contributed by atoms with Gasteiger partial charge in [-0.2, -0.15) is 0 Å². The Kier molecular flexibility index (Phi) is 8.53. The van der Waals surface area contributed by atoms with E-state index in [4.69, 9.17) is 9.72 Å². The van der Waals surface area contributed by atoms with Gasteiger partial charge in [-0.25, -0.2) is 4.98 Å². The number of nitrogens with zero attached hydrogens (tertiary/aromatic N) is 3. The van der Waals surface area contributed by atoms with Gasteiger partial charge < -0.3 is 19.9 Å². The summed E-state index contributed by atoms with van der Waals surface area (Å²) in [7, 11) is 0. The van der Waals surface area contributed by atoms with Crippen LogP contribution < -0.4 is 15.4 Å². The van der Waals surface area contributed by atoms with Crippen molar-refractivity contribution >= 4 is 22.6 Å². The van der Waals surface area contributed by atoms with Crippen LogP contribution in [-0.2, 0) is 30.6 Å². The molecule has 1 aliphatic heterocycles. The fourth-order valence-electron chi connectivity index (χ4n) is 5.02. The maximum absolute atomic E-state index is 11.8. The van der Waals surface area contributed by atoms with Gasteiger partial charge in [0.05, 0.1) is 12.8 Å². The Balaban J connectivity index is 1.19. The zero-order valence-electron chi connectivity index (χ0n) is 22.2. The molecule has 0 spiro atoms. The number of aryl methyl sites for hydroxylation is 3. The second-order valence-corrected chi connectivity index (χ2v) is 9.97. The molecule has 0 bridgehead atoms. The van der Waals surface area contributed by atoms with Gasteiger partial charge >= 0.3 is 0 Å². The van der Waals surface area contributed by atoms with Crippen LogP contribution in [-0.4, -0.2) is 40.1 Å². The minimum Gasteiger partial charge on any atom is -0.492 e. The lowest BCUT2D eigenvalue weighted by Gasteiger charge is -2.17. The second-order valence-electron chi connectivity index (χ2n) is 9.97. The molecule has 5 rings (SSSR count). The molecule has 7 heteroatoms. The number of benzene rings is 1. The van der Waals surface area contributed by atoms with E-state index in [0.29, 0.717) is 26.0 Å². The lowest BCUT2D eigenvalue weighted by atomic mass is 10.0. The minimum atomic E-state index is 0.0807. The van der Waals surface area contributed by atoms with Crippen molar-refractivity contribution < 1.29 is 9.53 Å². The Labute approximate surface area is 224 Å². The van der Waals surface area contributed by atoms with Crippen molar-refractivity contribution in [3.63, 3.8) is 0 Å². The molecule has 198 valence electrons. The first-order chi connectivity index (χ1) is 18.7. The number of hydrogen-bond donors (Lipinski definition) is 2. The fourth-order valence-corrected chi connectivity index (χ4v) is 5.02.